The maximum atomic E-state index is 11.7. The highest BCUT2D eigenvalue weighted by atomic mass is 35.5. The summed E-state index contributed by atoms with van der Waals surface area (Å²) in [7, 11) is 0. The molecule has 3 heterocycles. The number of pyridine rings is 1. The van der Waals surface area contributed by atoms with Gasteiger partial charge in [-0.3, -0.25) is 4.40 Å². The molecule has 0 saturated carbocycles. The molecule has 3 rings (SSSR count). The van der Waals surface area contributed by atoms with Gasteiger partial charge in [0.05, 0.1) is 12.3 Å². The summed E-state index contributed by atoms with van der Waals surface area (Å²) in [6, 6.07) is 5.47. The van der Waals surface area contributed by atoms with E-state index in [2.05, 4.69) is 4.98 Å². The number of ether oxygens (including phenoxy) is 2. The lowest BCUT2D eigenvalue weighted by atomic mass is 10.3. The van der Waals surface area contributed by atoms with Crippen LogP contribution in [-0.2, 0) is 19.1 Å². The van der Waals surface area contributed by atoms with Crippen molar-refractivity contribution in [2.45, 2.75) is 12.5 Å². The van der Waals surface area contributed by atoms with Crippen LogP contribution in [0.5, 0.6) is 0 Å². The van der Waals surface area contributed by atoms with Crippen molar-refractivity contribution < 1.29 is 19.1 Å². The van der Waals surface area contributed by atoms with Crippen molar-refractivity contribution in [2.75, 3.05) is 6.61 Å². The summed E-state index contributed by atoms with van der Waals surface area (Å²) in [5.74, 6) is -1.13. The lowest BCUT2D eigenvalue weighted by Crippen LogP contribution is -2.21. The van der Waals surface area contributed by atoms with Crippen molar-refractivity contribution in [1.29, 1.82) is 0 Å². The summed E-state index contributed by atoms with van der Waals surface area (Å²) >= 11 is 6.04. The Labute approximate surface area is 124 Å². The van der Waals surface area contributed by atoms with Gasteiger partial charge in [-0.15, -0.1) is 0 Å². The van der Waals surface area contributed by atoms with Crippen LogP contribution in [0.25, 0.3) is 11.7 Å². The minimum Gasteiger partial charge on any atom is -0.463 e. The Balaban J connectivity index is 1.76. The van der Waals surface area contributed by atoms with Crippen molar-refractivity contribution in [2.24, 2.45) is 0 Å². The Kier molecular flexibility index (Phi) is 3.62. The van der Waals surface area contributed by atoms with Gasteiger partial charge in [-0.25, -0.2) is 14.6 Å². The highest BCUT2D eigenvalue weighted by Crippen LogP contribution is 2.19. The molecule has 0 N–H and O–H groups in total. The van der Waals surface area contributed by atoms with Gasteiger partial charge in [0, 0.05) is 18.7 Å². The molecule has 7 heteroatoms. The zero-order valence-corrected chi connectivity index (χ0v) is 11.6. The molecule has 0 radical (unpaired) electrons. The topological polar surface area (TPSA) is 69.9 Å². The minimum absolute atomic E-state index is 0.277. The number of halogens is 1. The third-order valence-corrected chi connectivity index (χ3v) is 3.32. The molecule has 0 unspecified atom stereocenters. The van der Waals surface area contributed by atoms with E-state index < -0.39 is 18.0 Å². The second kappa shape index (κ2) is 5.57. The summed E-state index contributed by atoms with van der Waals surface area (Å²) < 4.78 is 11.5. The minimum atomic E-state index is -0.820. The fourth-order valence-electron chi connectivity index (χ4n) is 2.05. The van der Waals surface area contributed by atoms with Gasteiger partial charge in [-0.2, -0.15) is 0 Å². The number of fused-ring (bicyclic) bond motifs is 1. The predicted molar refractivity (Wildman–Crippen MR) is 74.7 cm³/mol. The van der Waals surface area contributed by atoms with E-state index in [0.29, 0.717) is 17.8 Å². The first-order valence-corrected chi connectivity index (χ1v) is 6.71. The zero-order valence-electron chi connectivity index (χ0n) is 10.9. The van der Waals surface area contributed by atoms with Gasteiger partial charge in [-0.05, 0) is 18.2 Å². The van der Waals surface area contributed by atoms with Crippen LogP contribution >= 0.6 is 11.6 Å². The van der Waals surface area contributed by atoms with E-state index in [1.54, 1.807) is 16.7 Å². The number of carbonyl (C=O) groups excluding carboxylic acids is 2. The molecule has 0 bridgehead atoms. The standard InChI is InChI=1S/C14H11ClN2O4/c15-13-9(17-7-2-1-3-11(17)16-13)4-5-12(18)21-10-6-8-20-14(10)19/h1-5,7,10H,6,8H2/b5-4+/t10-/m0/s1. The number of cyclic esters (lactones) is 1. The van der Waals surface area contributed by atoms with E-state index in [1.807, 2.05) is 12.1 Å². The predicted octanol–water partition coefficient (Wildman–Crippen LogP) is 1.86. The molecule has 1 saturated heterocycles. The Hall–Kier alpha value is -2.34. The molecule has 0 spiro atoms. The number of nitrogens with zero attached hydrogens (tertiary/aromatic N) is 2. The molecule has 2 aromatic heterocycles. The van der Waals surface area contributed by atoms with E-state index >= 15 is 0 Å². The van der Waals surface area contributed by atoms with Gasteiger partial charge in [0.1, 0.15) is 5.65 Å². The van der Waals surface area contributed by atoms with Crippen LogP contribution in [0.1, 0.15) is 12.1 Å². The van der Waals surface area contributed by atoms with Gasteiger partial charge in [0.15, 0.2) is 5.15 Å². The summed E-state index contributed by atoms with van der Waals surface area (Å²) in [6.45, 7) is 0.277. The number of imidazole rings is 1. The maximum absolute atomic E-state index is 11.7. The van der Waals surface area contributed by atoms with Crippen molar-refractivity contribution in [3.05, 3.63) is 41.3 Å². The van der Waals surface area contributed by atoms with E-state index in [9.17, 15) is 9.59 Å². The van der Waals surface area contributed by atoms with Crippen molar-refractivity contribution in [3.8, 4) is 0 Å². The van der Waals surface area contributed by atoms with Crippen LogP contribution in [-0.4, -0.2) is 34.0 Å². The molecular formula is C14H11ClN2O4. The molecule has 6 nitrogen and oxygen atoms in total. The second-order valence-corrected chi connectivity index (χ2v) is 4.79. The normalized spacial score (nSPS) is 18.3. The van der Waals surface area contributed by atoms with Crippen molar-refractivity contribution >= 4 is 35.3 Å². The van der Waals surface area contributed by atoms with Crippen LogP contribution in [0, 0.1) is 0 Å². The van der Waals surface area contributed by atoms with Gasteiger partial charge < -0.3 is 9.47 Å². The molecule has 1 aliphatic heterocycles. The molecule has 21 heavy (non-hydrogen) atoms. The van der Waals surface area contributed by atoms with Gasteiger partial charge in [0.2, 0.25) is 6.10 Å². The van der Waals surface area contributed by atoms with Gasteiger partial charge in [0.25, 0.3) is 0 Å². The van der Waals surface area contributed by atoms with E-state index in [-0.39, 0.29) is 11.8 Å². The van der Waals surface area contributed by atoms with Crippen LogP contribution in [0.15, 0.2) is 30.5 Å². The first-order chi connectivity index (χ1) is 10.1. The van der Waals surface area contributed by atoms with Gasteiger partial charge >= 0.3 is 11.9 Å². The third-order valence-electron chi connectivity index (χ3n) is 3.04. The quantitative estimate of drug-likeness (QED) is 0.639. The monoisotopic (exact) mass is 306 g/mol. The summed E-state index contributed by atoms with van der Waals surface area (Å²) in [4.78, 5) is 27.1. The number of hydrogen-bond donors (Lipinski definition) is 0. The van der Waals surface area contributed by atoms with Crippen LogP contribution in [0.3, 0.4) is 0 Å². The second-order valence-electron chi connectivity index (χ2n) is 4.43. The van der Waals surface area contributed by atoms with Crippen molar-refractivity contribution in [1.82, 2.24) is 9.38 Å². The molecule has 0 amide bonds. The maximum Gasteiger partial charge on any atom is 0.347 e. The first kappa shape index (κ1) is 13.6. The number of aromatic nitrogens is 2. The molecular weight excluding hydrogens is 296 g/mol. The highest BCUT2D eigenvalue weighted by Gasteiger charge is 2.29. The summed E-state index contributed by atoms with van der Waals surface area (Å²) in [6.07, 6.45) is 4.07. The number of rotatable bonds is 3. The summed E-state index contributed by atoms with van der Waals surface area (Å²) in [5.41, 5.74) is 1.24. The molecule has 0 aromatic carbocycles. The first-order valence-electron chi connectivity index (χ1n) is 6.33. The number of carbonyl (C=O) groups is 2. The lowest BCUT2D eigenvalue weighted by molar-refractivity contribution is -0.156. The van der Waals surface area contributed by atoms with Crippen LogP contribution in [0.2, 0.25) is 5.15 Å². The van der Waals surface area contributed by atoms with E-state index in [4.69, 9.17) is 21.1 Å². The summed E-state index contributed by atoms with van der Waals surface area (Å²) in [5, 5.41) is 0.283. The fraction of sp³-hybridized carbons (Fsp3) is 0.214. The highest BCUT2D eigenvalue weighted by molar-refractivity contribution is 6.31. The van der Waals surface area contributed by atoms with E-state index in [0.717, 1.165) is 0 Å². The average molecular weight is 307 g/mol. The average Bonchev–Trinajstić information content (AvgIpc) is 3.00. The fourth-order valence-corrected chi connectivity index (χ4v) is 2.29. The Bertz CT molecular complexity index is 738. The Morgan fingerprint density at radius 2 is 2.38 bits per heavy atom. The Morgan fingerprint density at radius 1 is 1.52 bits per heavy atom. The molecule has 2 aromatic rings. The van der Waals surface area contributed by atoms with Gasteiger partial charge in [-0.1, -0.05) is 17.7 Å². The zero-order chi connectivity index (χ0) is 14.8. The largest absolute Gasteiger partial charge is 0.463 e. The number of hydrogen-bond acceptors (Lipinski definition) is 5. The lowest BCUT2D eigenvalue weighted by Gasteiger charge is -2.05. The molecule has 1 aliphatic rings. The SMILES string of the molecule is O=C(/C=C/c1c(Cl)nc2ccccn12)O[C@H]1CCOC1=O. The van der Waals surface area contributed by atoms with E-state index in [1.165, 1.54) is 12.2 Å². The third kappa shape index (κ3) is 2.75. The molecule has 1 atom stereocenters. The van der Waals surface area contributed by atoms with Crippen LogP contribution < -0.4 is 0 Å². The van der Waals surface area contributed by atoms with Crippen molar-refractivity contribution in [3.63, 3.8) is 0 Å². The molecule has 0 aliphatic carbocycles. The molecule has 108 valence electrons. The molecule has 1 fully saturated rings. The van der Waals surface area contributed by atoms with Crippen LogP contribution in [0.4, 0.5) is 0 Å². The number of esters is 2. The smallest absolute Gasteiger partial charge is 0.347 e. The Morgan fingerprint density at radius 3 is 3.14 bits per heavy atom.